The van der Waals surface area contributed by atoms with Gasteiger partial charge in [-0.3, -0.25) is 4.79 Å². The van der Waals surface area contributed by atoms with E-state index in [1.807, 2.05) is 84.0 Å². The second kappa shape index (κ2) is 10.1. The number of rotatable bonds is 7. The lowest BCUT2D eigenvalue weighted by Crippen LogP contribution is -2.36. The molecule has 0 fully saturated rings. The van der Waals surface area contributed by atoms with Crippen LogP contribution in [0.25, 0.3) is 0 Å². The van der Waals surface area contributed by atoms with E-state index in [-0.39, 0.29) is 18.6 Å². The SMILES string of the molecule is CCN(Cc1ccccc1NC(=O)COc1cc(C)ccc1C)C(=O)OC(C)(C)C. The summed E-state index contributed by atoms with van der Waals surface area (Å²) in [5.74, 6) is 0.434. The van der Waals surface area contributed by atoms with Crippen molar-refractivity contribution in [3.63, 3.8) is 0 Å². The van der Waals surface area contributed by atoms with Crippen molar-refractivity contribution in [1.29, 1.82) is 0 Å². The van der Waals surface area contributed by atoms with Crippen molar-refractivity contribution in [2.75, 3.05) is 18.5 Å². The zero-order valence-corrected chi connectivity index (χ0v) is 18.7. The number of carbonyl (C=O) groups is 2. The van der Waals surface area contributed by atoms with Crippen LogP contribution in [-0.2, 0) is 16.1 Å². The lowest BCUT2D eigenvalue weighted by atomic mass is 10.1. The molecule has 30 heavy (non-hydrogen) atoms. The summed E-state index contributed by atoms with van der Waals surface area (Å²) in [5.41, 5.74) is 2.95. The maximum atomic E-state index is 12.5. The summed E-state index contributed by atoms with van der Waals surface area (Å²) < 4.78 is 11.2. The van der Waals surface area contributed by atoms with E-state index in [0.29, 0.717) is 24.5 Å². The molecule has 1 N–H and O–H groups in total. The van der Waals surface area contributed by atoms with Gasteiger partial charge >= 0.3 is 6.09 Å². The molecule has 0 bridgehead atoms. The normalized spacial score (nSPS) is 11.0. The highest BCUT2D eigenvalue weighted by Crippen LogP contribution is 2.21. The minimum atomic E-state index is -0.566. The third-order valence-electron chi connectivity index (χ3n) is 4.39. The smallest absolute Gasteiger partial charge is 0.410 e. The summed E-state index contributed by atoms with van der Waals surface area (Å²) in [5, 5.41) is 2.89. The number of hydrogen-bond donors (Lipinski definition) is 1. The van der Waals surface area contributed by atoms with Crippen molar-refractivity contribution in [2.24, 2.45) is 0 Å². The molecule has 2 amide bonds. The predicted octanol–water partition coefficient (Wildman–Crippen LogP) is 5.08. The fourth-order valence-corrected chi connectivity index (χ4v) is 2.81. The average Bonchev–Trinajstić information content (AvgIpc) is 2.66. The molecule has 0 unspecified atom stereocenters. The van der Waals surface area contributed by atoms with Crippen LogP contribution in [0.15, 0.2) is 42.5 Å². The topological polar surface area (TPSA) is 67.9 Å². The molecule has 6 heteroatoms. The van der Waals surface area contributed by atoms with E-state index >= 15 is 0 Å². The first-order valence-corrected chi connectivity index (χ1v) is 10.1. The van der Waals surface area contributed by atoms with E-state index in [9.17, 15) is 9.59 Å². The standard InChI is InChI=1S/C24H32N2O4/c1-7-26(23(28)30-24(4,5)6)15-19-10-8-9-11-20(19)25-22(27)16-29-21-14-17(2)12-13-18(21)3/h8-14H,7,15-16H2,1-6H3,(H,25,27). The summed E-state index contributed by atoms with van der Waals surface area (Å²) in [4.78, 5) is 26.5. The van der Waals surface area contributed by atoms with E-state index < -0.39 is 5.60 Å². The highest BCUT2D eigenvalue weighted by molar-refractivity contribution is 5.92. The Labute approximate surface area is 179 Å². The third kappa shape index (κ3) is 7.10. The van der Waals surface area contributed by atoms with Crippen LogP contribution in [0.1, 0.15) is 44.4 Å². The van der Waals surface area contributed by atoms with Gasteiger partial charge in [-0.15, -0.1) is 0 Å². The first-order valence-electron chi connectivity index (χ1n) is 10.1. The Hall–Kier alpha value is -3.02. The van der Waals surface area contributed by atoms with Crippen molar-refractivity contribution in [3.8, 4) is 5.75 Å². The van der Waals surface area contributed by atoms with E-state index in [4.69, 9.17) is 9.47 Å². The van der Waals surface area contributed by atoms with E-state index in [1.54, 1.807) is 4.90 Å². The van der Waals surface area contributed by atoms with Crippen molar-refractivity contribution in [2.45, 2.75) is 53.7 Å². The predicted molar refractivity (Wildman–Crippen MR) is 119 cm³/mol. The molecule has 6 nitrogen and oxygen atoms in total. The van der Waals surface area contributed by atoms with Crippen LogP contribution >= 0.6 is 0 Å². The minimum absolute atomic E-state index is 0.0951. The molecule has 0 saturated carbocycles. The van der Waals surface area contributed by atoms with Crippen LogP contribution in [-0.4, -0.2) is 35.7 Å². The quantitative estimate of drug-likeness (QED) is 0.689. The maximum Gasteiger partial charge on any atom is 0.410 e. The number of benzene rings is 2. The monoisotopic (exact) mass is 412 g/mol. The van der Waals surface area contributed by atoms with Crippen LogP contribution < -0.4 is 10.1 Å². The van der Waals surface area contributed by atoms with Crippen LogP contribution in [0, 0.1) is 13.8 Å². The molecule has 0 atom stereocenters. The molecule has 2 aromatic rings. The highest BCUT2D eigenvalue weighted by atomic mass is 16.6. The summed E-state index contributed by atoms with van der Waals surface area (Å²) >= 11 is 0. The number of amides is 2. The Morgan fingerprint density at radius 2 is 1.77 bits per heavy atom. The van der Waals surface area contributed by atoms with Crippen molar-refractivity contribution in [1.82, 2.24) is 4.90 Å². The largest absolute Gasteiger partial charge is 0.483 e. The molecular weight excluding hydrogens is 380 g/mol. The summed E-state index contributed by atoms with van der Waals surface area (Å²) in [6.07, 6.45) is -0.385. The number of ether oxygens (including phenoxy) is 2. The van der Waals surface area contributed by atoms with Gasteiger partial charge in [0.25, 0.3) is 5.91 Å². The first-order chi connectivity index (χ1) is 14.1. The number of nitrogens with one attached hydrogen (secondary N) is 1. The van der Waals surface area contributed by atoms with Gasteiger partial charge in [-0.2, -0.15) is 0 Å². The van der Waals surface area contributed by atoms with Gasteiger partial charge in [-0.1, -0.05) is 30.3 Å². The Morgan fingerprint density at radius 1 is 1.07 bits per heavy atom. The molecule has 0 aliphatic rings. The average molecular weight is 413 g/mol. The Balaban J connectivity index is 2.04. The first kappa shape index (κ1) is 23.3. The Morgan fingerprint density at radius 3 is 2.43 bits per heavy atom. The number of aryl methyl sites for hydroxylation is 2. The highest BCUT2D eigenvalue weighted by Gasteiger charge is 2.22. The van der Waals surface area contributed by atoms with E-state index in [2.05, 4.69) is 5.32 Å². The molecular formula is C24H32N2O4. The molecule has 0 aliphatic carbocycles. The molecule has 162 valence electrons. The van der Waals surface area contributed by atoms with Crippen LogP contribution in [0.2, 0.25) is 0 Å². The molecule has 0 spiro atoms. The van der Waals surface area contributed by atoms with Crippen LogP contribution in [0.5, 0.6) is 5.75 Å². The number of carbonyl (C=O) groups excluding carboxylic acids is 2. The van der Waals surface area contributed by atoms with Crippen molar-refractivity contribution >= 4 is 17.7 Å². The lowest BCUT2D eigenvalue weighted by Gasteiger charge is -2.27. The third-order valence-corrected chi connectivity index (χ3v) is 4.39. The lowest BCUT2D eigenvalue weighted by molar-refractivity contribution is -0.118. The van der Waals surface area contributed by atoms with Gasteiger partial charge in [0.1, 0.15) is 11.4 Å². The molecule has 0 aromatic heterocycles. The zero-order chi connectivity index (χ0) is 22.3. The van der Waals surface area contributed by atoms with Gasteiger partial charge in [0.05, 0.1) is 6.54 Å². The number of hydrogen-bond acceptors (Lipinski definition) is 4. The Bertz CT molecular complexity index is 887. The fraction of sp³-hybridized carbons (Fsp3) is 0.417. The van der Waals surface area contributed by atoms with Gasteiger partial charge in [-0.05, 0) is 70.4 Å². The van der Waals surface area contributed by atoms with E-state index in [0.717, 1.165) is 16.7 Å². The Kier molecular flexibility index (Phi) is 7.86. The summed E-state index contributed by atoms with van der Waals surface area (Å²) in [6.45, 7) is 12.1. The van der Waals surface area contributed by atoms with Crippen LogP contribution in [0.4, 0.5) is 10.5 Å². The minimum Gasteiger partial charge on any atom is -0.483 e. The maximum absolute atomic E-state index is 12.5. The molecule has 0 heterocycles. The molecule has 0 aliphatic heterocycles. The number of anilines is 1. The zero-order valence-electron chi connectivity index (χ0n) is 18.7. The molecule has 2 aromatic carbocycles. The molecule has 2 rings (SSSR count). The second-order valence-electron chi connectivity index (χ2n) is 8.26. The van der Waals surface area contributed by atoms with Gasteiger partial charge in [0, 0.05) is 12.2 Å². The second-order valence-corrected chi connectivity index (χ2v) is 8.26. The van der Waals surface area contributed by atoms with Gasteiger partial charge in [0.2, 0.25) is 0 Å². The van der Waals surface area contributed by atoms with E-state index in [1.165, 1.54) is 0 Å². The summed E-state index contributed by atoms with van der Waals surface area (Å²) in [6, 6.07) is 13.3. The van der Waals surface area contributed by atoms with Crippen LogP contribution in [0.3, 0.4) is 0 Å². The fourth-order valence-electron chi connectivity index (χ4n) is 2.81. The van der Waals surface area contributed by atoms with Gasteiger partial charge in [-0.25, -0.2) is 4.79 Å². The van der Waals surface area contributed by atoms with Gasteiger partial charge in [0.15, 0.2) is 6.61 Å². The number of nitrogens with zero attached hydrogens (tertiary/aromatic N) is 1. The van der Waals surface area contributed by atoms with Crippen molar-refractivity contribution in [3.05, 3.63) is 59.2 Å². The molecule has 0 radical (unpaired) electrons. The summed E-state index contributed by atoms with van der Waals surface area (Å²) in [7, 11) is 0. The van der Waals surface area contributed by atoms with Gasteiger partial charge < -0.3 is 19.7 Å². The molecule has 0 saturated heterocycles. The van der Waals surface area contributed by atoms with Crippen molar-refractivity contribution < 1.29 is 19.1 Å². The number of para-hydroxylation sites is 1.